The number of amides is 1. The molecule has 6 heteroatoms. The standard InChI is InChI=1S/C15H14ClNO4/c16-13-8-7-12(21-13)15(20)17-11(6-9-14(18)19)10-4-2-1-3-5-10/h1-5,7-8,11H,6,9H2,(H,17,20)(H,18,19). The summed E-state index contributed by atoms with van der Waals surface area (Å²) in [7, 11) is 0. The molecule has 0 aliphatic heterocycles. The van der Waals surface area contributed by atoms with Crippen LogP contribution in [0.4, 0.5) is 0 Å². The lowest BCUT2D eigenvalue weighted by molar-refractivity contribution is -0.137. The van der Waals surface area contributed by atoms with Crippen molar-refractivity contribution in [1.29, 1.82) is 0 Å². The van der Waals surface area contributed by atoms with Crippen molar-refractivity contribution in [1.82, 2.24) is 5.32 Å². The highest BCUT2D eigenvalue weighted by atomic mass is 35.5. The van der Waals surface area contributed by atoms with Gasteiger partial charge in [0.2, 0.25) is 0 Å². The molecule has 2 N–H and O–H groups in total. The van der Waals surface area contributed by atoms with Crippen molar-refractivity contribution < 1.29 is 19.1 Å². The lowest BCUT2D eigenvalue weighted by atomic mass is 10.0. The maximum atomic E-state index is 12.1. The van der Waals surface area contributed by atoms with E-state index in [-0.39, 0.29) is 17.4 Å². The van der Waals surface area contributed by atoms with E-state index in [1.54, 1.807) is 0 Å². The number of rotatable bonds is 6. The van der Waals surface area contributed by atoms with Gasteiger partial charge < -0.3 is 14.8 Å². The monoisotopic (exact) mass is 307 g/mol. The molecular formula is C15H14ClNO4. The van der Waals surface area contributed by atoms with Gasteiger partial charge in [0, 0.05) is 6.42 Å². The summed E-state index contributed by atoms with van der Waals surface area (Å²) in [5.74, 6) is -1.25. The van der Waals surface area contributed by atoms with Crippen LogP contribution >= 0.6 is 11.6 Å². The lowest BCUT2D eigenvalue weighted by Crippen LogP contribution is -2.28. The highest BCUT2D eigenvalue weighted by Gasteiger charge is 2.18. The van der Waals surface area contributed by atoms with Gasteiger partial charge in [-0.1, -0.05) is 30.3 Å². The molecule has 1 atom stereocenters. The molecule has 0 spiro atoms. The molecule has 5 nitrogen and oxygen atoms in total. The second-order valence-corrected chi connectivity index (χ2v) is 4.85. The molecule has 0 aliphatic carbocycles. The Balaban J connectivity index is 2.12. The summed E-state index contributed by atoms with van der Waals surface area (Å²) in [5.41, 5.74) is 0.838. The Morgan fingerprint density at radius 2 is 1.90 bits per heavy atom. The van der Waals surface area contributed by atoms with Crippen LogP contribution < -0.4 is 5.32 Å². The molecule has 1 unspecified atom stereocenters. The Bertz CT molecular complexity index is 624. The van der Waals surface area contributed by atoms with Crippen molar-refractivity contribution in [2.75, 3.05) is 0 Å². The van der Waals surface area contributed by atoms with E-state index in [9.17, 15) is 9.59 Å². The third kappa shape index (κ3) is 4.36. The molecule has 0 radical (unpaired) electrons. The molecule has 2 aromatic rings. The van der Waals surface area contributed by atoms with Crippen molar-refractivity contribution in [2.45, 2.75) is 18.9 Å². The molecule has 1 amide bonds. The van der Waals surface area contributed by atoms with Crippen LogP contribution in [-0.2, 0) is 4.79 Å². The highest BCUT2D eigenvalue weighted by molar-refractivity contribution is 6.29. The Kier molecular flexibility index (Phi) is 5.00. The number of hydrogen-bond donors (Lipinski definition) is 2. The molecule has 1 heterocycles. The largest absolute Gasteiger partial charge is 0.481 e. The average molecular weight is 308 g/mol. The first kappa shape index (κ1) is 15.1. The maximum absolute atomic E-state index is 12.1. The minimum atomic E-state index is -0.911. The zero-order valence-corrected chi connectivity index (χ0v) is 11.8. The van der Waals surface area contributed by atoms with Crippen molar-refractivity contribution >= 4 is 23.5 Å². The number of carboxylic acid groups (broad SMARTS) is 1. The molecule has 1 aromatic heterocycles. The molecule has 2 rings (SSSR count). The van der Waals surface area contributed by atoms with E-state index in [0.717, 1.165) is 5.56 Å². The van der Waals surface area contributed by atoms with Gasteiger partial charge in [0.25, 0.3) is 5.91 Å². The van der Waals surface area contributed by atoms with Crippen LogP contribution in [0.2, 0.25) is 5.22 Å². The zero-order valence-electron chi connectivity index (χ0n) is 11.1. The van der Waals surface area contributed by atoms with Crippen LogP contribution in [0.1, 0.15) is 35.0 Å². The number of hydrogen-bond acceptors (Lipinski definition) is 3. The molecule has 0 saturated carbocycles. The van der Waals surface area contributed by atoms with Gasteiger partial charge in [-0.2, -0.15) is 0 Å². The Morgan fingerprint density at radius 3 is 2.48 bits per heavy atom. The van der Waals surface area contributed by atoms with Gasteiger partial charge >= 0.3 is 5.97 Å². The first-order valence-corrected chi connectivity index (χ1v) is 6.77. The maximum Gasteiger partial charge on any atom is 0.303 e. The summed E-state index contributed by atoms with van der Waals surface area (Å²) in [6.45, 7) is 0. The van der Waals surface area contributed by atoms with Crippen molar-refractivity contribution in [3.8, 4) is 0 Å². The zero-order chi connectivity index (χ0) is 15.2. The van der Waals surface area contributed by atoms with E-state index in [1.165, 1.54) is 12.1 Å². The van der Waals surface area contributed by atoms with Gasteiger partial charge in [-0.15, -0.1) is 0 Å². The Labute approximate surface area is 126 Å². The number of benzene rings is 1. The quantitative estimate of drug-likeness (QED) is 0.858. The van der Waals surface area contributed by atoms with Crippen LogP contribution in [0.25, 0.3) is 0 Å². The Morgan fingerprint density at radius 1 is 1.19 bits per heavy atom. The predicted octanol–water partition coefficient (Wildman–Crippen LogP) is 3.27. The van der Waals surface area contributed by atoms with E-state index in [0.29, 0.717) is 6.42 Å². The number of nitrogens with one attached hydrogen (secondary N) is 1. The minimum Gasteiger partial charge on any atom is -0.481 e. The fourth-order valence-corrected chi connectivity index (χ4v) is 2.09. The van der Waals surface area contributed by atoms with Gasteiger partial charge in [0.05, 0.1) is 6.04 Å². The summed E-state index contributed by atoms with van der Waals surface area (Å²) in [5, 5.41) is 11.7. The summed E-state index contributed by atoms with van der Waals surface area (Å²) < 4.78 is 5.04. The number of carboxylic acids is 1. The molecule has 21 heavy (non-hydrogen) atoms. The van der Waals surface area contributed by atoms with E-state index in [1.807, 2.05) is 30.3 Å². The molecular weight excluding hydrogens is 294 g/mol. The van der Waals surface area contributed by atoms with Gasteiger partial charge in [-0.25, -0.2) is 0 Å². The van der Waals surface area contributed by atoms with Crippen LogP contribution in [0.5, 0.6) is 0 Å². The minimum absolute atomic E-state index is 0.0429. The van der Waals surface area contributed by atoms with Crippen molar-refractivity contribution in [3.63, 3.8) is 0 Å². The average Bonchev–Trinajstić information content (AvgIpc) is 2.90. The SMILES string of the molecule is O=C(O)CCC(NC(=O)c1ccc(Cl)o1)c1ccccc1. The molecule has 0 bridgehead atoms. The number of furan rings is 1. The predicted molar refractivity (Wildman–Crippen MR) is 77.2 cm³/mol. The van der Waals surface area contributed by atoms with Crippen LogP contribution in [-0.4, -0.2) is 17.0 Å². The number of halogens is 1. The number of carbonyl (C=O) groups excluding carboxylic acids is 1. The fourth-order valence-electron chi connectivity index (χ4n) is 1.94. The highest BCUT2D eigenvalue weighted by Crippen LogP contribution is 2.20. The van der Waals surface area contributed by atoms with E-state index < -0.39 is 17.9 Å². The first-order valence-electron chi connectivity index (χ1n) is 6.39. The van der Waals surface area contributed by atoms with E-state index >= 15 is 0 Å². The second kappa shape index (κ2) is 6.95. The summed E-state index contributed by atoms with van der Waals surface area (Å²) in [6, 6.07) is 11.7. The normalized spacial score (nSPS) is 11.9. The van der Waals surface area contributed by atoms with Crippen molar-refractivity contribution in [2.24, 2.45) is 0 Å². The molecule has 0 fully saturated rings. The van der Waals surface area contributed by atoms with Gasteiger partial charge in [0.15, 0.2) is 11.0 Å². The van der Waals surface area contributed by atoms with Crippen LogP contribution in [0.15, 0.2) is 46.9 Å². The van der Waals surface area contributed by atoms with Crippen LogP contribution in [0.3, 0.4) is 0 Å². The number of aliphatic carboxylic acids is 1. The third-order valence-corrected chi connectivity index (χ3v) is 3.15. The third-order valence-electron chi connectivity index (χ3n) is 2.95. The molecule has 110 valence electrons. The molecule has 1 aromatic carbocycles. The van der Waals surface area contributed by atoms with Gasteiger partial charge in [-0.05, 0) is 35.7 Å². The second-order valence-electron chi connectivity index (χ2n) is 4.47. The summed E-state index contributed by atoms with van der Waals surface area (Å²) in [6.07, 6.45) is 0.248. The van der Waals surface area contributed by atoms with Crippen LogP contribution in [0, 0.1) is 0 Å². The Hall–Kier alpha value is -2.27. The molecule has 0 saturated heterocycles. The van der Waals surface area contributed by atoms with E-state index in [2.05, 4.69) is 5.32 Å². The van der Waals surface area contributed by atoms with Crippen molar-refractivity contribution in [3.05, 3.63) is 59.0 Å². The van der Waals surface area contributed by atoms with Gasteiger partial charge in [-0.3, -0.25) is 9.59 Å². The molecule has 0 aliphatic rings. The fraction of sp³-hybridized carbons (Fsp3) is 0.200. The smallest absolute Gasteiger partial charge is 0.303 e. The number of carbonyl (C=O) groups is 2. The van der Waals surface area contributed by atoms with Gasteiger partial charge in [0.1, 0.15) is 0 Å². The summed E-state index contributed by atoms with van der Waals surface area (Å²) in [4.78, 5) is 22.8. The first-order chi connectivity index (χ1) is 10.1. The lowest BCUT2D eigenvalue weighted by Gasteiger charge is -2.17. The topological polar surface area (TPSA) is 79.5 Å². The summed E-state index contributed by atoms with van der Waals surface area (Å²) >= 11 is 5.64. The van der Waals surface area contributed by atoms with E-state index in [4.69, 9.17) is 21.1 Å².